The second kappa shape index (κ2) is 9.16. The number of methoxy groups -OCH3 is 1. The number of ether oxygens (including phenoxy) is 2. The predicted molar refractivity (Wildman–Crippen MR) is 132 cm³/mol. The van der Waals surface area contributed by atoms with Gasteiger partial charge >= 0.3 is 11.9 Å². The monoisotopic (exact) mass is 493 g/mol. The molecule has 0 amide bonds. The van der Waals surface area contributed by atoms with Crippen molar-refractivity contribution in [3.63, 3.8) is 0 Å². The van der Waals surface area contributed by atoms with E-state index in [0.717, 1.165) is 23.2 Å². The molecule has 2 aliphatic rings. The largest absolute Gasteiger partial charge is 0.465 e. The van der Waals surface area contributed by atoms with Crippen molar-refractivity contribution in [2.24, 2.45) is 5.92 Å². The first-order chi connectivity index (χ1) is 16.5. The maximum absolute atomic E-state index is 13.0. The van der Waals surface area contributed by atoms with E-state index in [1.807, 2.05) is 24.3 Å². The summed E-state index contributed by atoms with van der Waals surface area (Å²) in [6.07, 6.45) is 5.24. The van der Waals surface area contributed by atoms with Gasteiger partial charge in [-0.15, -0.1) is 0 Å². The number of fused-ring (bicyclic) bond motifs is 3. The first-order valence-electron chi connectivity index (χ1n) is 10.9. The molecule has 1 aliphatic heterocycles. The lowest BCUT2D eigenvalue weighted by Crippen LogP contribution is -2.29. The van der Waals surface area contributed by atoms with Crippen molar-refractivity contribution in [3.05, 3.63) is 105 Å². The zero-order chi connectivity index (χ0) is 23.8. The maximum Gasteiger partial charge on any atom is 0.343 e. The summed E-state index contributed by atoms with van der Waals surface area (Å²) in [5.41, 5.74) is 3.56. The van der Waals surface area contributed by atoms with E-state index in [0.29, 0.717) is 15.6 Å². The summed E-state index contributed by atoms with van der Waals surface area (Å²) >= 11 is 12.6. The van der Waals surface area contributed by atoms with E-state index < -0.39 is 11.9 Å². The van der Waals surface area contributed by atoms with Crippen molar-refractivity contribution in [3.8, 4) is 5.75 Å². The Kier molecular flexibility index (Phi) is 6.07. The second-order valence-electron chi connectivity index (χ2n) is 8.32. The Bertz CT molecular complexity index is 1320. The number of allylic oxidation sites excluding steroid dienone is 2. The normalized spacial score (nSPS) is 20.1. The zero-order valence-electron chi connectivity index (χ0n) is 18.3. The predicted octanol–water partition coefficient (Wildman–Crippen LogP) is 6.83. The highest BCUT2D eigenvalue weighted by Gasteiger charge is 2.39. The fraction of sp³-hybridized carbons (Fsp3) is 0.185. The lowest BCUT2D eigenvalue weighted by Gasteiger charge is -2.38. The Morgan fingerprint density at radius 3 is 2.59 bits per heavy atom. The molecule has 0 saturated carbocycles. The summed E-state index contributed by atoms with van der Waals surface area (Å²) in [6.45, 7) is 0. The van der Waals surface area contributed by atoms with Crippen LogP contribution in [0.2, 0.25) is 10.0 Å². The van der Waals surface area contributed by atoms with Crippen LogP contribution in [0.1, 0.15) is 50.2 Å². The third-order valence-electron chi connectivity index (χ3n) is 6.39. The summed E-state index contributed by atoms with van der Waals surface area (Å²) in [7, 11) is 1.29. The van der Waals surface area contributed by atoms with Crippen LogP contribution in [0.3, 0.4) is 0 Å². The van der Waals surface area contributed by atoms with Gasteiger partial charge in [-0.05, 0) is 65.9 Å². The maximum atomic E-state index is 13.0. The molecule has 1 heterocycles. The molecule has 0 bridgehead atoms. The Morgan fingerprint density at radius 2 is 1.79 bits per heavy atom. The molecule has 0 aromatic heterocycles. The average molecular weight is 494 g/mol. The molecule has 172 valence electrons. The summed E-state index contributed by atoms with van der Waals surface area (Å²) in [5, 5.41) is 4.84. The molecule has 3 atom stereocenters. The van der Waals surface area contributed by atoms with Gasteiger partial charge in [-0.25, -0.2) is 9.59 Å². The molecular weight excluding hydrogens is 473 g/mol. The number of nitrogens with one attached hydrogen (secondary N) is 1. The van der Waals surface area contributed by atoms with E-state index in [9.17, 15) is 9.59 Å². The van der Waals surface area contributed by atoms with Crippen molar-refractivity contribution in [1.82, 2.24) is 0 Å². The van der Waals surface area contributed by atoms with Crippen molar-refractivity contribution in [1.29, 1.82) is 0 Å². The zero-order valence-corrected chi connectivity index (χ0v) is 19.8. The lowest BCUT2D eigenvalue weighted by molar-refractivity contribution is 0.0593. The molecular formula is C27H21Cl2NO4. The SMILES string of the molecule is COC(=O)c1ccccc1OC(=O)c1ccc2c(c1)[C@H]1C=CC[C@H]1[C@@H](c1ccc(Cl)cc1Cl)N2. The van der Waals surface area contributed by atoms with E-state index in [2.05, 4.69) is 17.5 Å². The number of para-hydroxylation sites is 1. The van der Waals surface area contributed by atoms with E-state index in [-0.39, 0.29) is 29.2 Å². The van der Waals surface area contributed by atoms with Crippen LogP contribution in [0.5, 0.6) is 5.75 Å². The molecule has 34 heavy (non-hydrogen) atoms. The van der Waals surface area contributed by atoms with Crippen LogP contribution in [-0.2, 0) is 4.74 Å². The molecule has 5 nitrogen and oxygen atoms in total. The van der Waals surface area contributed by atoms with Crippen LogP contribution in [-0.4, -0.2) is 19.0 Å². The average Bonchev–Trinajstić information content (AvgIpc) is 3.34. The summed E-state index contributed by atoms with van der Waals surface area (Å²) < 4.78 is 10.4. The standard InChI is InChI=1S/C27H21Cl2NO4/c1-33-27(32)20-5-2-3-8-24(20)34-26(31)15-9-12-23-21(13-15)17-6-4-7-18(17)25(30-23)19-11-10-16(28)14-22(19)29/h2-6,8-14,17-18,25,30H,7H2,1H3/t17-,18+,25-/m0/s1. The summed E-state index contributed by atoms with van der Waals surface area (Å²) in [5.74, 6) is -0.573. The number of carbonyl (C=O) groups is 2. The van der Waals surface area contributed by atoms with E-state index in [4.69, 9.17) is 32.7 Å². The Labute approximate surface area is 207 Å². The van der Waals surface area contributed by atoms with Gasteiger partial charge in [0.25, 0.3) is 0 Å². The van der Waals surface area contributed by atoms with Gasteiger partial charge in [-0.3, -0.25) is 0 Å². The van der Waals surface area contributed by atoms with Gasteiger partial charge in [0.15, 0.2) is 0 Å². The first kappa shape index (κ1) is 22.5. The third kappa shape index (κ3) is 4.06. The number of halogens is 2. The highest BCUT2D eigenvalue weighted by Crippen LogP contribution is 2.51. The molecule has 1 aliphatic carbocycles. The minimum atomic E-state index is -0.566. The molecule has 1 N–H and O–H groups in total. The van der Waals surface area contributed by atoms with Crippen LogP contribution in [0.25, 0.3) is 0 Å². The number of hydrogen-bond donors (Lipinski definition) is 1. The third-order valence-corrected chi connectivity index (χ3v) is 6.95. The number of carbonyl (C=O) groups excluding carboxylic acids is 2. The van der Waals surface area contributed by atoms with Gasteiger partial charge < -0.3 is 14.8 Å². The molecule has 0 spiro atoms. The molecule has 3 aromatic carbocycles. The summed E-state index contributed by atoms with van der Waals surface area (Å²) in [4.78, 5) is 25.0. The summed E-state index contributed by atoms with van der Waals surface area (Å²) in [6, 6.07) is 17.6. The van der Waals surface area contributed by atoms with Crippen LogP contribution < -0.4 is 10.1 Å². The fourth-order valence-corrected chi connectivity index (χ4v) is 5.30. The highest BCUT2D eigenvalue weighted by molar-refractivity contribution is 6.35. The van der Waals surface area contributed by atoms with E-state index in [1.165, 1.54) is 7.11 Å². The van der Waals surface area contributed by atoms with Gasteiger partial charge in [-0.2, -0.15) is 0 Å². The van der Waals surface area contributed by atoms with Crippen molar-refractivity contribution >= 4 is 40.8 Å². The molecule has 0 unspecified atom stereocenters. The van der Waals surface area contributed by atoms with Crippen molar-refractivity contribution in [2.45, 2.75) is 18.4 Å². The number of benzene rings is 3. The van der Waals surface area contributed by atoms with Gasteiger partial charge in [0.1, 0.15) is 11.3 Å². The van der Waals surface area contributed by atoms with Crippen LogP contribution in [0.4, 0.5) is 5.69 Å². The Balaban J connectivity index is 1.45. The quantitative estimate of drug-likeness (QED) is 0.245. The number of anilines is 1. The minimum Gasteiger partial charge on any atom is -0.465 e. The number of rotatable bonds is 4. The molecule has 5 rings (SSSR count). The second-order valence-corrected chi connectivity index (χ2v) is 9.16. The first-order valence-corrected chi connectivity index (χ1v) is 11.6. The van der Waals surface area contributed by atoms with Crippen LogP contribution in [0, 0.1) is 5.92 Å². The molecule has 3 aromatic rings. The molecule has 7 heteroatoms. The number of hydrogen-bond acceptors (Lipinski definition) is 5. The van der Waals surface area contributed by atoms with E-state index >= 15 is 0 Å². The number of esters is 2. The highest BCUT2D eigenvalue weighted by atomic mass is 35.5. The molecule has 0 saturated heterocycles. The lowest BCUT2D eigenvalue weighted by atomic mass is 9.76. The van der Waals surface area contributed by atoms with Gasteiger partial charge in [0.2, 0.25) is 0 Å². The van der Waals surface area contributed by atoms with Crippen molar-refractivity contribution < 1.29 is 19.1 Å². The topological polar surface area (TPSA) is 64.6 Å². The van der Waals surface area contributed by atoms with E-state index in [1.54, 1.807) is 36.4 Å². The van der Waals surface area contributed by atoms with Gasteiger partial charge in [0.05, 0.1) is 18.7 Å². The Hall–Kier alpha value is -3.28. The fourth-order valence-electron chi connectivity index (χ4n) is 4.78. The smallest absolute Gasteiger partial charge is 0.343 e. The molecule has 0 radical (unpaired) electrons. The van der Waals surface area contributed by atoms with Crippen LogP contribution in [0.15, 0.2) is 72.8 Å². The minimum absolute atomic E-state index is 0.0157. The van der Waals surface area contributed by atoms with Crippen molar-refractivity contribution in [2.75, 3.05) is 12.4 Å². The van der Waals surface area contributed by atoms with Crippen LogP contribution >= 0.6 is 23.2 Å². The Morgan fingerprint density at radius 1 is 0.971 bits per heavy atom. The molecule has 0 fully saturated rings. The van der Waals surface area contributed by atoms with Gasteiger partial charge in [-0.1, -0.05) is 53.6 Å². The van der Waals surface area contributed by atoms with Gasteiger partial charge in [0, 0.05) is 21.7 Å².